The van der Waals surface area contributed by atoms with E-state index in [4.69, 9.17) is 0 Å². The van der Waals surface area contributed by atoms with Gasteiger partial charge >= 0.3 is 5.69 Å². The third-order valence-electron chi connectivity index (χ3n) is 6.68. The minimum absolute atomic E-state index is 0.00307. The summed E-state index contributed by atoms with van der Waals surface area (Å²) in [6.45, 7) is -0.185. The molecule has 2 aliphatic carbocycles. The molecular weight excluding hydrogens is 523 g/mol. The lowest BCUT2D eigenvalue weighted by atomic mass is 10.1. The van der Waals surface area contributed by atoms with E-state index < -0.39 is 21.1 Å². The van der Waals surface area contributed by atoms with Crippen molar-refractivity contribution in [3.05, 3.63) is 44.6 Å². The van der Waals surface area contributed by atoms with Crippen molar-refractivity contribution in [3.8, 4) is 11.8 Å². The highest BCUT2D eigenvalue weighted by atomic mass is 32.2. The maximum absolute atomic E-state index is 13.0. The first kappa shape index (κ1) is 26.5. The van der Waals surface area contributed by atoms with Crippen LogP contribution in [0.2, 0.25) is 0 Å². The molecule has 14 heteroatoms. The van der Waals surface area contributed by atoms with Gasteiger partial charge in [-0.1, -0.05) is 11.8 Å². The van der Waals surface area contributed by atoms with E-state index in [0.717, 1.165) is 41.1 Å². The minimum Gasteiger partial charge on any atom is -0.326 e. The highest BCUT2D eigenvalue weighted by Gasteiger charge is 2.31. The summed E-state index contributed by atoms with van der Waals surface area (Å²) in [6, 6.07) is 5.02. The fourth-order valence-electron chi connectivity index (χ4n) is 4.30. The number of hydrogen-bond donors (Lipinski definition) is 2. The molecule has 2 saturated carbocycles. The number of sulfone groups is 1. The number of anilines is 2. The molecule has 2 aliphatic rings. The molecule has 5 rings (SSSR count). The van der Waals surface area contributed by atoms with Gasteiger partial charge in [0.05, 0.1) is 6.54 Å². The van der Waals surface area contributed by atoms with Gasteiger partial charge in [-0.05, 0) is 50.3 Å². The average molecular weight is 550 g/mol. The highest BCUT2D eigenvalue weighted by molar-refractivity contribution is 7.90. The van der Waals surface area contributed by atoms with Crippen molar-refractivity contribution in [1.29, 1.82) is 0 Å². The Morgan fingerprint density at radius 3 is 2.08 bits per heavy atom. The Balaban J connectivity index is 1.53. The van der Waals surface area contributed by atoms with Gasteiger partial charge in [0.15, 0.2) is 11.2 Å². The molecule has 0 aliphatic heterocycles. The first-order chi connectivity index (χ1) is 18.5. The topological polar surface area (TPSA) is 154 Å². The predicted molar refractivity (Wildman–Crippen MR) is 147 cm³/mol. The van der Waals surface area contributed by atoms with Crippen LogP contribution in [0.5, 0.6) is 0 Å². The van der Waals surface area contributed by atoms with Crippen LogP contribution in [0.3, 0.4) is 0 Å². The van der Waals surface area contributed by atoms with E-state index in [9.17, 15) is 27.6 Å². The smallest absolute Gasteiger partial charge is 0.326 e. The molecule has 12 nitrogen and oxygen atoms in total. The number of amides is 2. The van der Waals surface area contributed by atoms with Crippen LogP contribution >= 0.6 is 0 Å². The molecular formula is C25H27BN6O6S. The molecule has 2 aromatic heterocycles. The Labute approximate surface area is 224 Å². The van der Waals surface area contributed by atoms with Gasteiger partial charge in [-0.3, -0.25) is 23.5 Å². The molecule has 2 amide bonds. The molecule has 3 aromatic rings. The van der Waals surface area contributed by atoms with Crippen molar-refractivity contribution in [2.75, 3.05) is 16.9 Å². The average Bonchev–Trinajstić information content (AvgIpc) is 3.79. The van der Waals surface area contributed by atoms with Crippen molar-refractivity contribution in [2.24, 2.45) is 18.9 Å². The molecule has 1 aromatic carbocycles. The van der Waals surface area contributed by atoms with Gasteiger partial charge in [0.25, 0.3) is 5.56 Å². The Morgan fingerprint density at radius 2 is 1.59 bits per heavy atom. The second-order valence-corrected chi connectivity index (χ2v) is 11.9. The Bertz CT molecular complexity index is 1780. The Kier molecular flexibility index (Phi) is 6.71. The quantitative estimate of drug-likeness (QED) is 0.301. The van der Waals surface area contributed by atoms with Gasteiger partial charge in [-0.15, -0.1) is 0 Å². The van der Waals surface area contributed by atoms with Gasteiger partial charge < -0.3 is 15.2 Å². The number of carbonyl (C=O) groups excluding carboxylic acids is 2. The number of fused-ring (bicyclic) bond motifs is 1. The fraction of sp³-hybridized carbons (Fsp3) is 0.400. The molecule has 39 heavy (non-hydrogen) atoms. The summed E-state index contributed by atoms with van der Waals surface area (Å²) in [5, 5.41) is 5.43. The number of nitrogens with zero attached hydrogens (tertiary/aromatic N) is 4. The van der Waals surface area contributed by atoms with Gasteiger partial charge in [0.2, 0.25) is 26.8 Å². The summed E-state index contributed by atoms with van der Waals surface area (Å²) in [7, 11) is -0.793. The lowest BCUT2D eigenvalue weighted by Gasteiger charge is -2.10. The second kappa shape index (κ2) is 9.89. The summed E-state index contributed by atoms with van der Waals surface area (Å²) in [4.78, 5) is 54.6. The third kappa shape index (κ3) is 5.40. The molecule has 2 heterocycles. The number of hydrogen-bond acceptors (Lipinski definition) is 7. The van der Waals surface area contributed by atoms with E-state index >= 15 is 0 Å². The number of imidazole rings is 1. The molecule has 202 valence electrons. The van der Waals surface area contributed by atoms with Crippen LogP contribution in [0.4, 0.5) is 11.4 Å². The zero-order valence-corrected chi connectivity index (χ0v) is 22.6. The van der Waals surface area contributed by atoms with Crippen molar-refractivity contribution in [1.82, 2.24) is 18.7 Å². The van der Waals surface area contributed by atoms with Crippen LogP contribution in [0.25, 0.3) is 11.2 Å². The van der Waals surface area contributed by atoms with Crippen LogP contribution in [0.1, 0.15) is 31.2 Å². The largest absolute Gasteiger partial charge is 0.333 e. The zero-order valence-electron chi connectivity index (χ0n) is 21.8. The molecule has 0 atom stereocenters. The predicted octanol–water partition coefficient (Wildman–Crippen LogP) is -0.360. The van der Waals surface area contributed by atoms with Crippen LogP contribution in [-0.4, -0.2) is 53.0 Å². The molecule has 2 fully saturated rings. The number of rotatable bonds is 7. The third-order valence-corrected chi connectivity index (χ3v) is 7.65. The monoisotopic (exact) mass is 550 g/mol. The van der Waals surface area contributed by atoms with E-state index in [-0.39, 0.29) is 53.0 Å². The number of nitrogens with one attached hydrogen (secondary N) is 2. The van der Waals surface area contributed by atoms with E-state index in [1.807, 2.05) is 0 Å². The Hall–Kier alpha value is -4.12. The van der Waals surface area contributed by atoms with E-state index in [0.29, 0.717) is 16.9 Å². The molecule has 0 bridgehead atoms. The molecule has 0 spiro atoms. The van der Waals surface area contributed by atoms with Crippen LogP contribution in [0, 0.1) is 23.7 Å². The summed E-state index contributed by atoms with van der Waals surface area (Å²) in [6.07, 6.45) is 4.51. The number of benzene rings is 1. The highest BCUT2D eigenvalue weighted by Crippen LogP contribution is 2.32. The van der Waals surface area contributed by atoms with Crippen LogP contribution in [-0.2, 0) is 39.5 Å². The van der Waals surface area contributed by atoms with Crippen molar-refractivity contribution < 1.29 is 18.0 Å². The standard InChI is InChI=1S/C25H27BN6O6S/c1-30-23(35)19-20(29-24(32(19)13-26)39(2,37)38)31(25(30)36)9-3-4-14-10-17(27-21(33)15-5-6-15)12-18(11-14)28-22(34)16-7-8-16/h10-12,15-16H,5-9,13,26H2,1-2H3,(H,27,33)(H,28,34). The maximum atomic E-state index is 13.0. The summed E-state index contributed by atoms with van der Waals surface area (Å²) in [5.41, 5.74) is 0.0554. The van der Waals surface area contributed by atoms with E-state index in [1.165, 1.54) is 11.6 Å². The maximum Gasteiger partial charge on any atom is 0.333 e. The zero-order chi connectivity index (χ0) is 28.1. The van der Waals surface area contributed by atoms with Gasteiger partial charge in [-0.25, -0.2) is 13.2 Å². The summed E-state index contributed by atoms with van der Waals surface area (Å²) < 4.78 is 27.9. The molecule has 0 unspecified atom stereocenters. The van der Waals surface area contributed by atoms with Crippen LogP contribution < -0.4 is 21.9 Å². The fourth-order valence-corrected chi connectivity index (χ4v) is 5.17. The molecule has 0 saturated heterocycles. The summed E-state index contributed by atoms with van der Waals surface area (Å²) in [5.74, 6) is 5.63. The summed E-state index contributed by atoms with van der Waals surface area (Å²) >= 11 is 0. The van der Waals surface area contributed by atoms with Gasteiger partial charge in [-0.2, -0.15) is 4.98 Å². The SMILES string of the molecule is BCn1c(S(C)(=O)=O)nc2c1c(=O)n(C)c(=O)n2CC#Cc1cc(NC(=O)C2CC2)cc(NC(=O)C2CC2)c1. The van der Waals surface area contributed by atoms with Crippen LogP contribution in [0.15, 0.2) is 32.9 Å². The lowest BCUT2D eigenvalue weighted by molar-refractivity contribution is -0.118. The van der Waals surface area contributed by atoms with Crippen molar-refractivity contribution in [3.63, 3.8) is 0 Å². The van der Waals surface area contributed by atoms with Gasteiger partial charge in [0, 0.05) is 42.1 Å². The van der Waals surface area contributed by atoms with E-state index in [1.54, 1.807) is 26.0 Å². The first-order valence-electron chi connectivity index (χ1n) is 12.6. The lowest BCUT2D eigenvalue weighted by Crippen LogP contribution is -2.38. The van der Waals surface area contributed by atoms with Gasteiger partial charge in [0.1, 0.15) is 7.85 Å². The van der Waals surface area contributed by atoms with E-state index in [2.05, 4.69) is 27.5 Å². The number of carbonyl (C=O) groups is 2. The second-order valence-electron chi connectivity index (χ2n) is 9.94. The molecule has 2 N–H and O–H groups in total. The first-order valence-corrected chi connectivity index (χ1v) is 14.5. The Morgan fingerprint density at radius 1 is 1.03 bits per heavy atom. The van der Waals surface area contributed by atoms with Crippen molar-refractivity contribution >= 4 is 52.0 Å². The normalized spacial score (nSPS) is 15.0. The minimum atomic E-state index is -3.78. The molecule has 0 radical (unpaired) electrons. The van der Waals surface area contributed by atoms with Crippen molar-refractivity contribution in [2.45, 2.75) is 43.8 Å². The number of aromatic nitrogens is 4.